The number of benzene rings is 2. The van der Waals surface area contributed by atoms with Crippen LogP contribution in [-0.2, 0) is 16.1 Å². The molecule has 32 heavy (non-hydrogen) atoms. The first-order valence-electron chi connectivity index (χ1n) is 10.1. The van der Waals surface area contributed by atoms with E-state index in [0.717, 1.165) is 5.69 Å². The Balaban J connectivity index is 1.60. The van der Waals surface area contributed by atoms with Crippen LogP contribution in [0.25, 0.3) is 0 Å². The molecule has 0 spiro atoms. The van der Waals surface area contributed by atoms with Gasteiger partial charge < -0.3 is 15.0 Å². The van der Waals surface area contributed by atoms with Crippen LogP contribution < -0.4 is 15.0 Å². The molecular formula is C24H22N4O3S. The standard InChI is InChI=1S/C24H22N4O3S/c1-31-20-12-10-19(11-13-20)28-23(30)21(15-22(29)26-17-7-3-2-4-8-17)27(24(28)32)16-18-9-5-6-14-25-18/h2-14,21H,15-16H2,1H3,(H,26,29)/t21-/m1/s1. The summed E-state index contributed by atoms with van der Waals surface area (Å²) in [5, 5.41) is 3.18. The Kier molecular flexibility index (Phi) is 6.42. The van der Waals surface area contributed by atoms with Crippen molar-refractivity contribution in [3.8, 4) is 5.75 Å². The highest BCUT2D eigenvalue weighted by atomic mass is 32.1. The van der Waals surface area contributed by atoms with Gasteiger partial charge >= 0.3 is 0 Å². The second-order valence-corrected chi connectivity index (χ2v) is 7.60. The summed E-state index contributed by atoms with van der Waals surface area (Å²) in [4.78, 5) is 33.8. The van der Waals surface area contributed by atoms with Crippen molar-refractivity contribution in [3.63, 3.8) is 0 Å². The number of pyridine rings is 1. The molecule has 8 heteroatoms. The average molecular weight is 447 g/mol. The molecule has 162 valence electrons. The van der Waals surface area contributed by atoms with Gasteiger partial charge in [0.15, 0.2) is 5.11 Å². The van der Waals surface area contributed by atoms with Gasteiger partial charge in [-0.3, -0.25) is 19.5 Å². The first kappa shape index (κ1) is 21.5. The molecule has 4 rings (SSSR count). The first-order valence-corrected chi connectivity index (χ1v) is 10.5. The van der Waals surface area contributed by atoms with Crippen molar-refractivity contribution in [1.82, 2.24) is 9.88 Å². The van der Waals surface area contributed by atoms with E-state index < -0.39 is 6.04 Å². The van der Waals surface area contributed by atoms with Crippen LogP contribution in [-0.4, -0.2) is 40.0 Å². The lowest BCUT2D eigenvalue weighted by atomic mass is 10.1. The molecule has 1 aromatic heterocycles. The summed E-state index contributed by atoms with van der Waals surface area (Å²) in [5.74, 6) is 0.162. The Morgan fingerprint density at radius 2 is 1.78 bits per heavy atom. The molecule has 0 radical (unpaired) electrons. The number of amides is 2. The maximum Gasteiger partial charge on any atom is 0.256 e. The van der Waals surface area contributed by atoms with Gasteiger partial charge in [0.05, 0.1) is 31.5 Å². The van der Waals surface area contributed by atoms with E-state index in [1.54, 1.807) is 54.6 Å². The maximum absolute atomic E-state index is 13.4. The second kappa shape index (κ2) is 9.57. The molecule has 0 unspecified atom stereocenters. The number of carbonyl (C=O) groups excluding carboxylic acids is 2. The monoisotopic (exact) mass is 446 g/mol. The minimum atomic E-state index is -0.740. The molecule has 2 aromatic carbocycles. The number of nitrogens with one attached hydrogen (secondary N) is 1. The fraction of sp³-hybridized carbons (Fsp3) is 0.167. The first-order chi connectivity index (χ1) is 15.6. The minimum absolute atomic E-state index is 0.0344. The summed E-state index contributed by atoms with van der Waals surface area (Å²) in [7, 11) is 1.58. The molecule has 1 aliphatic heterocycles. The smallest absolute Gasteiger partial charge is 0.256 e. The van der Waals surface area contributed by atoms with Crippen molar-refractivity contribution in [2.24, 2.45) is 0 Å². The molecular weight excluding hydrogens is 424 g/mol. The van der Waals surface area contributed by atoms with Gasteiger partial charge in [0.1, 0.15) is 11.8 Å². The topological polar surface area (TPSA) is 74.8 Å². The Morgan fingerprint density at radius 1 is 1.06 bits per heavy atom. The predicted octanol–water partition coefficient (Wildman–Crippen LogP) is 3.62. The Bertz CT molecular complexity index is 1110. The third kappa shape index (κ3) is 4.60. The molecule has 1 fully saturated rings. The number of nitrogens with zero attached hydrogens (tertiary/aromatic N) is 3. The number of para-hydroxylation sites is 1. The Hall–Kier alpha value is -3.78. The third-order valence-corrected chi connectivity index (χ3v) is 5.56. The van der Waals surface area contributed by atoms with Gasteiger partial charge in [-0.05, 0) is 60.7 Å². The maximum atomic E-state index is 13.4. The van der Waals surface area contributed by atoms with Gasteiger partial charge in [0, 0.05) is 11.9 Å². The van der Waals surface area contributed by atoms with Crippen LogP contribution in [0.2, 0.25) is 0 Å². The molecule has 3 aromatic rings. The quantitative estimate of drug-likeness (QED) is 0.559. The van der Waals surface area contributed by atoms with Crippen molar-refractivity contribution in [1.29, 1.82) is 0 Å². The zero-order valence-corrected chi connectivity index (χ0v) is 18.3. The van der Waals surface area contributed by atoms with Gasteiger partial charge in [-0.1, -0.05) is 24.3 Å². The van der Waals surface area contributed by atoms with Crippen molar-refractivity contribution < 1.29 is 14.3 Å². The van der Waals surface area contributed by atoms with Crippen LogP contribution in [0.4, 0.5) is 11.4 Å². The SMILES string of the molecule is COc1ccc(N2C(=O)[C@@H](CC(=O)Nc3ccccc3)N(Cc3ccccn3)C2=S)cc1. The highest BCUT2D eigenvalue weighted by Gasteiger charge is 2.44. The van der Waals surface area contributed by atoms with Crippen LogP contribution in [0.3, 0.4) is 0 Å². The van der Waals surface area contributed by atoms with Crippen LogP contribution in [0, 0.1) is 0 Å². The molecule has 1 saturated heterocycles. The number of hydrogen-bond acceptors (Lipinski definition) is 5. The highest BCUT2D eigenvalue weighted by molar-refractivity contribution is 7.80. The summed E-state index contributed by atoms with van der Waals surface area (Å²) >= 11 is 5.68. The van der Waals surface area contributed by atoms with Crippen molar-refractivity contribution >= 4 is 40.5 Å². The summed E-state index contributed by atoms with van der Waals surface area (Å²) in [6.07, 6.45) is 1.65. The summed E-state index contributed by atoms with van der Waals surface area (Å²) in [6, 6.07) is 21.1. The summed E-state index contributed by atoms with van der Waals surface area (Å²) in [6.45, 7) is 0.321. The van der Waals surface area contributed by atoms with E-state index >= 15 is 0 Å². The molecule has 1 N–H and O–H groups in total. The molecule has 7 nitrogen and oxygen atoms in total. The predicted molar refractivity (Wildman–Crippen MR) is 126 cm³/mol. The van der Waals surface area contributed by atoms with Crippen LogP contribution in [0.5, 0.6) is 5.75 Å². The number of aromatic nitrogens is 1. The molecule has 0 saturated carbocycles. The van der Waals surface area contributed by atoms with E-state index in [4.69, 9.17) is 17.0 Å². The second-order valence-electron chi connectivity index (χ2n) is 7.24. The number of ether oxygens (including phenoxy) is 1. The van der Waals surface area contributed by atoms with Gasteiger partial charge in [-0.15, -0.1) is 0 Å². The van der Waals surface area contributed by atoms with E-state index in [0.29, 0.717) is 28.8 Å². The third-order valence-electron chi connectivity index (χ3n) is 5.14. The largest absolute Gasteiger partial charge is 0.497 e. The number of anilines is 2. The minimum Gasteiger partial charge on any atom is -0.497 e. The number of hydrogen-bond donors (Lipinski definition) is 1. The molecule has 1 atom stereocenters. The van der Waals surface area contributed by atoms with Crippen molar-refractivity contribution in [2.75, 3.05) is 17.3 Å². The van der Waals surface area contributed by atoms with Crippen molar-refractivity contribution in [3.05, 3.63) is 84.7 Å². The molecule has 2 heterocycles. The van der Waals surface area contributed by atoms with E-state index in [1.807, 2.05) is 36.4 Å². The van der Waals surface area contributed by atoms with Gasteiger partial charge in [-0.2, -0.15) is 0 Å². The lowest BCUT2D eigenvalue weighted by Crippen LogP contribution is -2.37. The lowest BCUT2D eigenvalue weighted by molar-refractivity contribution is -0.124. The number of thiocarbonyl (C=S) groups is 1. The zero-order chi connectivity index (χ0) is 22.5. The van der Waals surface area contributed by atoms with Crippen molar-refractivity contribution in [2.45, 2.75) is 19.0 Å². The molecule has 1 aliphatic rings. The van der Waals surface area contributed by atoms with Gasteiger partial charge in [0.2, 0.25) is 5.91 Å². The van der Waals surface area contributed by atoms with E-state index in [-0.39, 0.29) is 18.2 Å². The van der Waals surface area contributed by atoms with Crippen LogP contribution in [0.1, 0.15) is 12.1 Å². The molecule has 0 bridgehead atoms. The summed E-state index contributed by atoms with van der Waals surface area (Å²) < 4.78 is 5.21. The van der Waals surface area contributed by atoms with Gasteiger partial charge in [-0.25, -0.2) is 0 Å². The van der Waals surface area contributed by atoms with Crippen LogP contribution >= 0.6 is 12.2 Å². The number of rotatable bonds is 7. The van der Waals surface area contributed by atoms with E-state index in [1.165, 1.54) is 4.90 Å². The average Bonchev–Trinajstić information content (AvgIpc) is 3.04. The lowest BCUT2D eigenvalue weighted by Gasteiger charge is -2.23. The normalized spacial score (nSPS) is 15.7. The number of carbonyl (C=O) groups is 2. The fourth-order valence-electron chi connectivity index (χ4n) is 3.56. The zero-order valence-electron chi connectivity index (χ0n) is 17.5. The van der Waals surface area contributed by atoms with E-state index in [9.17, 15) is 9.59 Å². The Labute approximate surface area is 191 Å². The molecule has 0 aliphatic carbocycles. The fourth-order valence-corrected chi connectivity index (χ4v) is 3.95. The van der Waals surface area contributed by atoms with E-state index in [2.05, 4.69) is 10.3 Å². The highest BCUT2D eigenvalue weighted by Crippen LogP contribution is 2.29. The van der Waals surface area contributed by atoms with Gasteiger partial charge in [0.25, 0.3) is 5.91 Å². The Morgan fingerprint density at radius 3 is 2.44 bits per heavy atom. The van der Waals surface area contributed by atoms with Crippen LogP contribution in [0.15, 0.2) is 79.0 Å². The summed E-state index contributed by atoms with van der Waals surface area (Å²) in [5.41, 5.74) is 2.05. The molecule has 2 amide bonds. The number of methoxy groups -OCH3 is 1.